The Hall–Kier alpha value is -2.40. The van der Waals surface area contributed by atoms with Crippen LogP contribution in [0.1, 0.15) is 18.4 Å². The molecule has 2 aromatic rings. The van der Waals surface area contributed by atoms with E-state index in [1.54, 1.807) is 19.2 Å². The quantitative estimate of drug-likeness (QED) is 0.893. The maximum absolute atomic E-state index is 13.3. The van der Waals surface area contributed by atoms with Crippen LogP contribution in [0.3, 0.4) is 0 Å². The standard InChI is InChI=1S/C20H24FN3O/c1-24(18-9-5-8-17(21)13-18)20(25)23-19-11-10-16(14-22-19)12-15-6-3-2-4-7-15/h2-9,13,16,19,22H,10-12,14H2,1H3,(H,23,25)/t16-,19+/m1/s1. The molecule has 1 saturated heterocycles. The molecule has 1 heterocycles. The van der Waals surface area contributed by atoms with Crippen LogP contribution in [0.25, 0.3) is 0 Å². The van der Waals surface area contributed by atoms with E-state index in [0.29, 0.717) is 11.6 Å². The SMILES string of the molecule is CN(C(=O)N[C@H]1CC[C@H](Cc2ccccc2)CN1)c1cccc(F)c1. The lowest BCUT2D eigenvalue weighted by Crippen LogP contribution is -2.53. The molecule has 2 amide bonds. The van der Waals surface area contributed by atoms with E-state index in [1.165, 1.54) is 22.6 Å². The fraction of sp³-hybridized carbons (Fsp3) is 0.350. The fourth-order valence-electron chi connectivity index (χ4n) is 3.21. The summed E-state index contributed by atoms with van der Waals surface area (Å²) >= 11 is 0. The van der Waals surface area contributed by atoms with Gasteiger partial charge in [0.25, 0.3) is 0 Å². The number of anilines is 1. The topological polar surface area (TPSA) is 44.4 Å². The summed E-state index contributed by atoms with van der Waals surface area (Å²) in [4.78, 5) is 13.8. The molecular formula is C20H24FN3O. The van der Waals surface area contributed by atoms with Crippen LogP contribution < -0.4 is 15.5 Å². The smallest absolute Gasteiger partial charge is 0.322 e. The molecular weight excluding hydrogens is 317 g/mol. The lowest BCUT2D eigenvalue weighted by atomic mass is 9.91. The van der Waals surface area contributed by atoms with Crippen molar-refractivity contribution < 1.29 is 9.18 Å². The highest BCUT2D eigenvalue weighted by Crippen LogP contribution is 2.19. The molecule has 0 aliphatic carbocycles. The minimum Gasteiger partial charge on any atom is -0.322 e. The highest BCUT2D eigenvalue weighted by Gasteiger charge is 2.23. The van der Waals surface area contributed by atoms with E-state index < -0.39 is 0 Å². The number of rotatable bonds is 4. The van der Waals surface area contributed by atoms with Gasteiger partial charge in [0.15, 0.2) is 0 Å². The molecule has 0 bridgehead atoms. The average Bonchev–Trinajstić information content (AvgIpc) is 2.63. The first-order valence-electron chi connectivity index (χ1n) is 8.69. The van der Waals surface area contributed by atoms with Crippen molar-refractivity contribution in [1.29, 1.82) is 0 Å². The zero-order valence-corrected chi connectivity index (χ0v) is 14.4. The zero-order valence-electron chi connectivity index (χ0n) is 14.4. The third-order valence-corrected chi connectivity index (χ3v) is 4.68. The van der Waals surface area contributed by atoms with Gasteiger partial charge in [-0.05, 0) is 48.9 Å². The van der Waals surface area contributed by atoms with Gasteiger partial charge in [0.1, 0.15) is 5.82 Å². The maximum Gasteiger partial charge on any atom is 0.322 e. The lowest BCUT2D eigenvalue weighted by Gasteiger charge is -2.31. The maximum atomic E-state index is 13.3. The van der Waals surface area contributed by atoms with Gasteiger partial charge in [-0.1, -0.05) is 36.4 Å². The Balaban J connectivity index is 1.47. The molecule has 2 atom stereocenters. The van der Waals surface area contributed by atoms with Gasteiger partial charge in [-0.3, -0.25) is 10.2 Å². The van der Waals surface area contributed by atoms with Crippen molar-refractivity contribution in [2.45, 2.75) is 25.4 Å². The molecule has 25 heavy (non-hydrogen) atoms. The molecule has 0 saturated carbocycles. The Labute approximate surface area is 148 Å². The van der Waals surface area contributed by atoms with Crippen molar-refractivity contribution >= 4 is 11.7 Å². The summed E-state index contributed by atoms with van der Waals surface area (Å²) in [5, 5.41) is 6.38. The van der Waals surface area contributed by atoms with Crippen LogP contribution >= 0.6 is 0 Å². The summed E-state index contributed by atoms with van der Waals surface area (Å²) in [5.74, 6) is 0.230. The second kappa shape index (κ2) is 8.12. The van der Waals surface area contributed by atoms with Crippen LogP contribution in [0.2, 0.25) is 0 Å². The molecule has 2 N–H and O–H groups in total. The van der Waals surface area contributed by atoms with Gasteiger partial charge in [0.2, 0.25) is 0 Å². The van der Waals surface area contributed by atoms with Gasteiger partial charge < -0.3 is 5.32 Å². The number of nitrogens with zero attached hydrogens (tertiary/aromatic N) is 1. The van der Waals surface area contributed by atoms with Crippen molar-refractivity contribution in [2.24, 2.45) is 5.92 Å². The van der Waals surface area contributed by atoms with E-state index in [0.717, 1.165) is 25.8 Å². The van der Waals surface area contributed by atoms with Gasteiger partial charge in [0.05, 0.1) is 6.17 Å². The largest absolute Gasteiger partial charge is 0.322 e. The van der Waals surface area contributed by atoms with E-state index in [1.807, 2.05) is 6.07 Å². The molecule has 0 aromatic heterocycles. The molecule has 0 unspecified atom stereocenters. The first-order chi connectivity index (χ1) is 12.1. The second-order valence-electron chi connectivity index (χ2n) is 6.58. The van der Waals surface area contributed by atoms with E-state index in [2.05, 4.69) is 34.9 Å². The van der Waals surface area contributed by atoms with Crippen LogP contribution in [-0.2, 0) is 6.42 Å². The van der Waals surface area contributed by atoms with E-state index >= 15 is 0 Å². The molecule has 5 heteroatoms. The molecule has 3 rings (SSSR count). The predicted octanol–water partition coefficient (Wildman–Crippen LogP) is 3.54. The fourth-order valence-corrected chi connectivity index (χ4v) is 3.21. The Morgan fingerprint density at radius 2 is 2.00 bits per heavy atom. The second-order valence-corrected chi connectivity index (χ2v) is 6.58. The Bertz CT molecular complexity index is 699. The molecule has 1 fully saturated rings. The Morgan fingerprint density at radius 1 is 1.20 bits per heavy atom. The molecule has 132 valence electrons. The summed E-state index contributed by atoms with van der Waals surface area (Å²) in [6.07, 6.45) is 2.96. The highest BCUT2D eigenvalue weighted by molar-refractivity contribution is 5.91. The number of carbonyl (C=O) groups excluding carboxylic acids is 1. The number of urea groups is 1. The van der Waals surface area contributed by atoms with Crippen molar-refractivity contribution in [3.05, 3.63) is 66.0 Å². The zero-order chi connectivity index (χ0) is 17.6. The van der Waals surface area contributed by atoms with Gasteiger partial charge in [0, 0.05) is 19.3 Å². The first kappa shape index (κ1) is 17.4. The van der Waals surface area contributed by atoms with Crippen molar-refractivity contribution in [3.63, 3.8) is 0 Å². The predicted molar refractivity (Wildman–Crippen MR) is 98.0 cm³/mol. The average molecular weight is 341 g/mol. The molecule has 1 aliphatic heterocycles. The highest BCUT2D eigenvalue weighted by atomic mass is 19.1. The number of halogens is 1. The van der Waals surface area contributed by atoms with Crippen LogP contribution in [0.5, 0.6) is 0 Å². The Morgan fingerprint density at radius 3 is 2.68 bits per heavy atom. The molecule has 1 aliphatic rings. The van der Waals surface area contributed by atoms with Crippen LogP contribution in [0, 0.1) is 11.7 Å². The summed E-state index contributed by atoms with van der Waals surface area (Å²) < 4.78 is 13.3. The van der Waals surface area contributed by atoms with Gasteiger partial charge >= 0.3 is 6.03 Å². The summed E-state index contributed by atoms with van der Waals surface area (Å²) in [6.45, 7) is 0.878. The number of amides is 2. The van der Waals surface area contributed by atoms with Crippen molar-refractivity contribution in [2.75, 3.05) is 18.5 Å². The first-order valence-corrected chi connectivity index (χ1v) is 8.69. The van der Waals surface area contributed by atoms with E-state index in [4.69, 9.17) is 0 Å². The van der Waals surface area contributed by atoms with Crippen LogP contribution in [-0.4, -0.2) is 25.8 Å². The summed E-state index contributed by atoms with van der Waals surface area (Å²) in [6, 6.07) is 16.3. The van der Waals surface area contributed by atoms with Crippen LogP contribution in [0.15, 0.2) is 54.6 Å². The van der Waals surface area contributed by atoms with Gasteiger partial charge in [-0.15, -0.1) is 0 Å². The molecule has 2 aromatic carbocycles. The number of piperidine rings is 1. The van der Waals surface area contributed by atoms with E-state index in [-0.39, 0.29) is 18.0 Å². The molecule has 0 spiro atoms. The normalized spacial score (nSPS) is 20.1. The third-order valence-electron chi connectivity index (χ3n) is 4.68. The number of carbonyl (C=O) groups is 1. The number of nitrogens with one attached hydrogen (secondary N) is 2. The number of hydrogen-bond donors (Lipinski definition) is 2. The minimum absolute atomic E-state index is 0.0458. The van der Waals surface area contributed by atoms with Crippen LogP contribution in [0.4, 0.5) is 14.9 Å². The summed E-state index contributed by atoms with van der Waals surface area (Å²) in [5.41, 5.74) is 1.89. The molecule has 4 nitrogen and oxygen atoms in total. The minimum atomic E-state index is -0.350. The number of hydrogen-bond acceptors (Lipinski definition) is 2. The monoisotopic (exact) mass is 341 g/mol. The third kappa shape index (κ3) is 4.79. The van der Waals surface area contributed by atoms with Crippen molar-refractivity contribution in [3.8, 4) is 0 Å². The van der Waals surface area contributed by atoms with Gasteiger partial charge in [-0.25, -0.2) is 9.18 Å². The summed E-state index contributed by atoms with van der Waals surface area (Å²) in [7, 11) is 1.64. The lowest BCUT2D eigenvalue weighted by molar-refractivity contribution is 0.228. The van der Waals surface area contributed by atoms with E-state index in [9.17, 15) is 9.18 Å². The van der Waals surface area contributed by atoms with Gasteiger partial charge in [-0.2, -0.15) is 0 Å². The van der Waals surface area contributed by atoms with Crippen molar-refractivity contribution in [1.82, 2.24) is 10.6 Å². The Kier molecular flexibility index (Phi) is 5.66. The number of benzene rings is 2. The molecule has 0 radical (unpaired) electrons.